The van der Waals surface area contributed by atoms with Gasteiger partial charge in [0.05, 0.1) is 5.30 Å². The van der Waals surface area contributed by atoms with Crippen LogP contribution >= 0.6 is 19.0 Å². The number of nitrogens with two attached hydrogens (primary N) is 1. The number of benzene rings is 2. The highest BCUT2D eigenvalue weighted by atomic mass is 35.5. The normalized spacial score (nSPS) is 13.8. The Labute approximate surface area is 150 Å². The first kappa shape index (κ1) is 17.7. The van der Waals surface area contributed by atoms with E-state index >= 15 is 0 Å². The molecule has 25 heavy (non-hydrogen) atoms. The average Bonchev–Trinajstić information content (AvgIpc) is 2.92. The zero-order valence-corrected chi connectivity index (χ0v) is 15.7. The molecule has 2 aromatic carbocycles. The van der Waals surface area contributed by atoms with Gasteiger partial charge in [-0.3, -0.25) is 9.36 Å². The van der Waals surface area contributed by atoms with E-state index in [1.165, 1.54) is 7.11 Å². The third-order valence-electron chi connectivity index (χ3n) is 4.08. The number of amides is 1. The number of rotatable bonds is 4. The molecule has 0 radical (unpaired) electrons. The number of fused-ring (bicyclic) bond motifs is 1. The van der Waals surface area contributed by atoms with Crippen molar-refractivity contribution in [2.24, 2.45) is 5.73 Å². The predicted octanol–water partition coefficient (Wildman–Crippen LogP) is 3.41. The average molecular weight is 377 g/mol. The number of aromatic nitrogens is 1. The van der Waals surface area contributed by atoms with Crippen LogP contribution < -0.4 is 16.3 Å². The van der Waals surface area contributed by atoms with Gasteiger partial charge in [0, 0.05) is 28.3 Å². The van der Waals surface area contributed by atoms with Gasteiger partial charge in [-0.05, 0) is 44.2 Å². The lowest BCUT2D eigenvalue weighted by molar-refractivity contribution is 0.0997. The van der Waals surface area contributed by atoms with Crippen LogP contribution in [0.5, 0.6) is 0 Å². The molecule has 0 saturated heterocycles. The lowest BCUT2D eigenvalue weighted by atomic mass is 10.2. The van der Waals surface area contributed by atoms with Gasteiger partial charge in [0.2, 0.25) is 0 Å². The number of carbonyl (C=O) groups is 1. The molecule has 0 bridgehead atoms. The topological polar surface area (TPSA) is 85.2 Å². The largest absolute Gasteiger partial charge is 0.364 e. The Morgan fingerprint density at radius 2 is 1.80 bits per heavy atom. The van der Waals surface area contributed by atoms with Crippen molar-refractivity contribution in [3.8, 4) is 0 Å². The maximum atomic E-state index is 13.9. The summed E-state index contributed by atoms with van der Waals surface area (Å²) >= 11 is 6.11. The Balaban J connectivity index is 2.42. The Kier molecular flexibility index (Phi) is 4.50. The zero-order valence-electron chi connectivity index (χ0n) is 14.1. The third kappa shape index (κ3) is 2.99. The van der Waals surface area contributed by atoms with Gasteiger partial charge < -0.3 is 15.2 Å². The summed E-state index contributed by atoms with van der Waals surface area (Å²) in [7, 11) is -2.19. The second kappa shape index (κ2) is 6.34. The summed E-state index contributed by atoms with van der Waals surface area (Å²) in [4.78, 5) is 14.9. The molecule has 5 nitrogen and oxygen atoms in total. The molecule has 7 heteroatoms. The number of H-pyrrole nitrogens is 1. The second-order valence-electron chi connectivity index (χ2n) is 5.98. The van der Waals surface area contributed by atoms with E-state index in [0.717, 1.165) is 11.1 Å². The Morgan fingerprint density at radius 1 is 1.16 bits per heavy atom. The summed E-state index contributed by atoms with van der Waals surface area (Å²) < 4.78 is 19.4. The SMILES string of the molecule is COP(=O)(c1cc(C)cc(C)c1)c1c(C(N)=O)[nH]c2ccc(Cl)cc12. The lowest BCUT2D eigenvalue weighted by Gasteiger charge is -2.18. The first-order valence-electron chi connectivity index (χ1n) is 7.62. The van der Waals surface area contributed by atoms with Gasteiger partial charge in [0.15, 0.2) is 0 Å². The van der Waals surface area contributed by atoms with Crippen molar-refractivity contribution in [1.82, 2.24) is 4.98 Å². The monoisotopic (exact) mass is 376 g/mol. The van der Waals surface area contributed by atoms with E-state index in [2.05, 4.69) is 4.98 Å². The van der Waals surface area contributed by atoms with Crippen molar-refractivity contribution in [2.75, 3.05) is 7.11 Å². The highest BCUT2D eigenvalue weighted by Gasteiger charge is 2.35. The molecule has 3 aromatic rings. The first-order valence-corrected chi connectivity index (χ1v) is 9.63. The molecule has 1 amide bonds. The van der Waals surface area contributed by atoms with Gasteiger partial charge in [0.1, 0.15) is 5.69 Å². The molecule has 3 N–H and O–H groups in total. The van der Waals surface area contributed by atoms with Gasteiger partial charge in [-0.15, -0.1) is 0 Å². The first-order chi connectivity index (χ1) is 11.8. The van der Waals surface area contributed by atoms with Crippen molar-refractivity contribution >= 4 is 46.4 Å². The van der Waals surface area contributed by atoms with Crippen molar-refractivity contribution < 1.29 is 13.9 Å². The number of nitrogens with one attached hydrogen (secondary N) is 1. The number of carbonyl (C=O) groups excluding carboxylic acids is 1. The van der Waals surface area contributed by atoms with Crippen molar-refractivity contribution in [1.29, 1.82) is 0 Å². The highest BCUT2D eigenvalue weighted by Crippen LogP contribution is 2.47. The summed E-state index contributed by atoms with van der Waals surface area (Å²) in [5.74, 6) is -0.705. The van der Waals surface area contributed by atoms with Crippen LogP contribution in [0.15, 0.2) is 36.4 Å². The molecular weight excluding hydrogens is 359 g/mol. The molecule has 0 fully saturated rings. The summed E-state index contributed by atoms with van der Waals surface area (Å²) in [6.45, 7) is 3.83. The number of halogens is 1. The summed E-state index contributed by atoms with van der Waals surface area (Å²) in [5, 5.41) is 1.79. The van der Waals surface area contributed by atoms with E-state index < -0.39 is 13.3 Å². The van der Waals surface area contributed by atoms with Gasteiger partial charge in [-0.25, -0.2) is 0 Å². The minimum atomic E-state index is -3.56. The van der Waals surface area contributed by atoms with Crippen molar-refractivity contribution in [3.05, 3.63) is 58.2 Å². The van der Waals surface area contributed by atoms with Crippen LogP contribution in [0.4, 0.5) is 0 Å². The fourth-order valence-electron chi connectivity index (χ4n) is 3.08. The second-order valence-corrected chi connectivity index (χ2v) is 8.85. The molecule has 1 heterocycles. The number of hydrogen-bond acceptors (Lipinski definition) is 3. The predicted molar refractivity (Wildman–Crippen MR) is 102 cm³/mol. The number of hydrogen-bond donors (Lipinski definition) is 2. The Hall–Kier alpha value is -2.07. The van der Waals surface area contributed by atoms with E-state index in [0.29, 0.717) is 21.2 Å². The molecule has 0 saturated carbocycles. The molecule has 3 rings (SSSR count). The maximum Gasteiger partial charge on any atom is 0.266 e. The standard InChI is InChI=1S/C18H18ClN2O3P/c1-10-6-11(2)8-13(7-10)25(23,24-3)17-14-9-12(19)4-5-15(14)21-16(17)18(20)22/h4-9,21H,1-3H3,(H2,20,22). The minimum Gasteiger partial charge on any atom is -0.364 e. The summed E-state index contributed by atoms with van der Waals surface area (Å²) in [5.41, 5.74) is 8.12. The summed E-state index contributed by atoms with van der Waals surface area (Å²) in [6.07, 6.45) is 0. The smallest absolute Gasteiger partial charge is 0.266 e. The van der Waals surface area contributed by atoms with Crippen LogP contribution in [0.1, 0.15) is 21.6 Å². The van der Waals surface area contributed by atoms with Crippen LogP contribution in [0.2, 0.25) is 5.02 Å². The summed E-state index contributed by atoms with van der Waals surface area (Å²) in [6, 6.07) is 10.6. The molecule has 1 aromatic heterocycles. The Bertz CT molecular complexity index is 1020. The number of primary amides is 1. The van der Waals surface area contributed by atoms with Crippen LogP contribution in [0.25, 0.3) is 10.9 Å². The molecule has 0 aliphatic heterocycles. The van der Waals surface area contributed by atoms with E-state index in [4.69, 9.17) is 21.9 Å². The molecule has 1 atom stereocenters. The van der Waals surface area contributed by atoms with Gasteiger partial charge >= 0.3 is 0 Å². The van der Waals surface area contributed by atoms with Crippen LogP contribution in [0.3, 0.4) is 0 Å². The van der Waals surface area contributed by atoms with Gasteiger partial charge in [-0.1, -0.05) is 28.8 Å². The quantitative estimate of drug-likeness (QED) is 0.684. The highest BCUT2D eigenvalue weighted by molar-refractivity contribution is 7.75. The maximum absolute atomic E-state index is 13.9. The van der Waals surface area contributed by atoms with E-state index in [1.807, 2.05) is 19.9 Å². The molecule has 130 valence electrons. The van der Waals surface area contributed by atoms with Crippen LogP contribution in [-0.2, 0) is 9.09 Å². The molecular formula is C18H18ClN2O3P. The Morgan fingerprint density at radius 3 is 2.36 bits per heavy atom. The molecule has 0 aliphatic carbocycles. The number of aryl methyl sites for hydroxylation is 2. The van der Waals surface area contributed by atoms with E-state index in [-0.39, 0.29) is 11.0 Å². The fourth-order valence-corrected chi connectivity index (χ4v) is 5.61. The zero-order chi connectivity index (χ0) is 18.4. The van der Waals surface area contributed by atoms with Crippen LogP contribution in [0, 0.1) is 13.8 Å². The molecule has 1 unspecified atom stereocenters. The minimum absolute atomic E-state index is 0.0709. The molecule has 0 spiro atoms. The third-order valence-corrected chi connectivity index (χ3v) is 6.82. The van der Waals surface area contributed by atoms with Crippen LogP contribution in [-0.4, -0.2) is 18.0 Å². The number of aromatic amines is 1. The van der Waals surface area contributed by atoms with Gasteiger partial charge in [-0.2, -0.15) is 0 Å². The fraction of sp³-hybridized carbons (Fsp3) is 0.167. The van der Waals surface area contributed by atoms with Crippen molar-refractivity contribution in [3.63, 3.8) is 0 Å². The van der Waals surface area contributed by atoms with Gasteiger partial charge in [0.25, 0.3) is 13.3 Å². The lowest BCUT2D eigenvalue weighted by Crippen LogP contribution is -2.26. The van der Waals surface area contributed by atoms with E-state index in [1.54, 1.807) is 30.3 Å². The van der Waals surface area contributed by atoms with Crippen molar-refractivity contribution in [2.45, 2.75) is 13.8 Å². The van der Waals surface area contributed by atoms with E-state index in [9.17, 15) is 9.36 Å². The molecule has 0 aliphatic rings.